The highest BCUT2D eigenvalue weighted by Gasteiger charge is 2.23. The fourth-order valence-electron chi connectivity index (χ4n) is 4.06. The summed E-state index contributed by atoms with van der Waals surface area (Å²) in [6, 6.07) is 9.96. The first kappa shape index (κ1) is 21.9. The standard InChI is InChI=1S/C23H31N3O4/c1-17-15-19(18(2)26(17)10-9-23(28)30-4)21(27)16-24-11-13-25(14-12-24)20-7-5-6-8-22(20)29-3/h5-8,15H,9-14,16H2,1-4H3. The summed E-state index contributed by atoms with van der Waals surface area (Å²) in [5.74, 6) is 0.753. The van der Waals surface area contributed by atoms with Gasteiger partial charge in [0.2, 0.25) is 0 Å². The van der Waals surface area contributed by atoms with Crippen LogP contribution in [-0.2, 0) is 16.1 Å². The molecule has 3 rings (SSSR count). The van der Waals surface area contributed by atoms with Gasteiger partial charge in [-0.3, -0.25) is 14.5 Å². The number of hydrogen-bond acceptors (Lipinski definition) is 6. The molecule has 2 heterocycles. The minimum absolute atomic E-state index is 0.123. The molecule has 7 heteroatoms. The van der Waals surface area contributed by atoms with Gasteiger partial charge in [-0.1, -0.05) is 12.1 Å². The number of aromatic nitrogens is 1. The monoisotopic (exact) mass is 413 g/mol. The summed E-state index contributed by atoms with van der Waals surface area (Å²) in [6.45, 7) is 8.19. The Morgan fingerprint density at radius 1 is 1.03 bits per heavy atom. The number of piperazine rings is 1. The van der Waals surface area contributed by atoms with E-state index >= 15 is 0 Å². The van der Waals surface area contributed by atoms with Crippen LogP contribution in [0.1, 0.15) is 28.2 Å². The van der Waals surface area contributed by atoms with Crippen molar-refractivity contribution in [1.82, 2.24) is 9.47 Å². The van der Waals surface area contributed by atoms with Crippen molar-refractivity contribution in [1.29, 1.82) is 0 Å². The van der Waals surface area contributed by atoms with Gasteiger partial charge in [0.15, 0.2) is 5.78 Å². The van der Waals surface area contributed by atoms with E-state index < -0.39 is 0 Å². The van der Waals surface area contributed by atoms with Gasteiger partial charge in [-0.2, -0.15) is 0 Å². The molecule has 1 aromatic carbocycles. The Hall–Kier alpha value is -2.80. The molecule has 0 radical (unpaired) electrons. The molecule has 0 atom stereocenters. The van der Waals surface area contributed by atoms with E-state index in [2.05, 4.69) is 15.9 Å². The van der Waals surface area contributed by atoms with E-state index in [-0.39, 0.29) is 11.8 Å². The van der Waals surface area contributed by atoms with E-state index in [0.717, 1.165) is 54.6 Å². The van der Waals surface area contributed by atoms with Crippen molar-refractivity contribution in [3.63, 3.8) is 0 Å². The minimum atomic E-state index is -0.247. The maximum atomic E-state index is 13.0. The first-order valence-electron chi connectivity index (χ1n) is 10.3. The lowest BCUT2D eigenvalue weighted by Gasteiger charge is -2.36. The van der Waals surface area contributed by atoms with E-state index in [1.54, 1.807) is 7.11 Å². The average molecular weight is 414 g/mol. The van der Waals surface area contributed by atoms with Gasteiger partial charge in [0.1, 0.15) is 5.75 Å². The van der Waals surface area contributed by atoms with E-state index in [1.165, 1.54) is 7.11 Å². The van der Waals surface area contributed by atoms with Crippen LogP contribution < -0.4 is 9.64 Å². The molecule has 162 valence electrons. The molecule has 1 aromatic heterocycles. The van der Waals surface area contributed by atoms with Gasteiger partial charge in [0.25, 0.3) is 0 Å². The fraction of sp³-hybridized carbons (Fsp3) is 0.478. The van der Waals surface area contributed by atoms with Crippen molar-refractivity contribution in [2.45, 2.75) is 26.8 Å². The molecule has 1 fully saturated rings. The summed E-state index contributed by atoms with van der Waals surface area (Å²) in [5.41, 5.74) is 3.74. The Bertz CT molecular complexity index is 898. The summed E-state index contributed by atoms with van der Waals surface area (Å²) in [4.78, 5) is 28.9. The van der Waals surface area contributed by atoms with E-state index in [1.807, 2.05) is 42.7 Å². The second-order valence-electron chi connectivity index (χ2n) is 7.62. The van der Waals surface area contributed by atoms with Crippen LogP contribution in [0.15, 0.2) is 30.3 Å². The normalized spacial score (nSPS) is 14.6. The first-order valence-corrected chi connectivity index (χ1v) is 10.3. The van der Waals surface area contributed by atoms with Crippen molar-refractivity contribution >= 4 is 17.4 Å². The van der Waals surface area contributed by atoms with Gasteiger partial charge in [0, 0.05) is 49.7 Å². The predicted molar refractivity (Wildman–Crippen MR) is 117 cm³/mol. The van der Waals surface area contributed by atoms with Crippen LogP contribution >= 0.6 is 0 Å². The lowest BCUT2D eigenvalue weighted by atomic mass is 10.1. The third-order valence-electron chi connectivity index (χ3n) is 5.81. The van der Waals surface area contributed by atoms with Gasteiger partial charge in [-0.25, -0.2) is 0 Å². The number of nitrogens with zero attached hydrogens (tertiary/aromatic N) is 3. The molecule has 1 aliphatic heterocycles. The Morgan fingerprint density at radius 2 is 1.73 bits per heavy atom. The Morgan fingerprint density at radius 3 is 2.40 bits per heavy atom. The molecule has 7 nitrogen and oxygen atoms in total. The van der Waals surface area contributed by atoms with Crippen molar-refractivity contribution in [3.05, 3.63) is 47.3 Å². The quantitative estimate of drug-likeness (QED) is 0.490. The Balaban J connectivity index is 1.59. The first-order chi connectivity index (χ1) is 14.4. The van der Waals surface area contributed by atoms with Crippen molar-refractivity contribution in [2.75, 3.05) is 51.8 Å². The zero-order chi connectivity index (χ0) is 21.7. The van der Waals surface area contributed by atoms with Crippen LogP contribution in [0.4, 0.5) is 5.69 Å². The Labute approximate surface area is 178 Å². The Kier molecular flexibility index (Phi) is 7.15. The predicted octanol–water partition coefficient (Wildman–Crippen LogP) is 2.68. The van der Waals surface area contributed by atoms with Crippen LogP contribution in [0.25, 0.3) is 0 Å². The van der Waals surface area contributed by atoms with Gasteiger partial charge in [-0.15, -0.1) is 0 Å². The second kappa shape index (κ2) is 9.80. The number of hydrogen-bond donors (Lipinski definition) is 0. The van der Waals surface area contributed by atoms with Crippen LogP contribution in [0.2, 0.25) is 0 Å². The number of esters is 1. The number of Topliss-reactive ketones (excluding diaryl/α,β-unsaturated/α-hetero) is 1. The number of methoxy groups -OCH3 is 2. The summed E-state index contributed by atoms with van der Waals surface area (Å²) < 4.78 is 12.2. The maximum absolute atomic E-state index is 13.0. The molecular formula is C23H31N3O4. The summed E-state index contributed by atoms with van der Waals surface area (Å²) in [5, 5.41) is 0. The number of anilines is 1. The van der Waals surface area contributed by atoms with Gasteiger partial charge >= 0.3 is 5.97 Å². The summed E-state index contributed by atoms with van der Waals surface area (Å²) in [7, 11) is 3.08. The van der Waals surface area contributed by atoms with Gasteiger partial charge in [0.05, 0.1) is 32.9 Å². The molecule has 0 bridgehead atoms. The highest BCUT2D eigenvalue weighted by molar-refractivity contribution is 5.99. The number of ketones is 1. The number of aryl methyl sites for hydroxylation is 1. The number of benzene rings is 1. The number of ether oxygens (including phenoxy) is 2. The summed E-state index contributed by atoms with van der Waals surface area (Å²) >= 11 is 0. The van der Waals surface area contributed by atoms with Crippen LogP contribution in [0.5, 0.6) is 5.75 Å². The molecule has 0 amide bonds. The highest BCUT2D eigenvalue weighted by atomic mass is 16.5. The second-order valence-corrected chi connectivity index (χ2v) is 7.62. The topological polar surface area (TPSA) is 64.0 Å². The molecule has 0 aliphatic carbocycles. The largest absolute Gasteiger partial charge is 0.495 e. The number of carbonyl (C=O) groups is 2. The highest BCUT2D eigenvalue weighted by Crippen LogP contribution is 2.28. The van der Waals surface area contributed by atoms with Crippen LogP contribution in [-0.4, -0.2) is 68.2 Å². The SMILES string of the molecule is COC(=O)CCn1c(C)cc(C(=O)CN2CCN(c3ccccc3OC)CC2)c1C. The zero-order valence-corrected chi connectivity index (χ0v) is 18.3. The third-order valence-corrected chi connectivity index (χ3v) is 5.81. The molecule has 0 N–H and O–H groups in total. The lowest BCUT2D eigenvalue weighted by molar-refractivity contribution is -0.140. The van der Waals surface area contributed by atoms with E-state index in [9.17, 15) is 9.59 Å². The van der Waals surface area contributed by atoms with E-state index in [4.69, 9.17) is 9.47 Å². The number of carbonyl (C=O) groups excluding carboxylic acids is 2. The van der Waals surface area contributed by atoms with Crippen LogP contribution in [0, 0.1) is 13.8 Å². The maximum Gasteiger partial charge on any atom is 0.307 e. The van der Waals surface area contributed by atoms with Crippen molar-refractivity contribution in [2.24, 2.45) is 0 Å². The molecule has 1 saturated heterocycles. The third kappa shape index (κ3) is 4.84. The molecule has 0 unspecified atom stereocenters. The van der Waals surface area contributed by atoms with Crippen molar-refractivity contribution < 1.29 is 19.1 Å². The molecule has 30 heavy (non-hydrogen) atoms. The summed E-state index contributed by atoms with van der Waals surface area (Å²) in [6.07, 6.45) is 0.297. The smallest absolute Gasteiger partial charge is 0.307 e. The van der Waals surface area contributed by atoms with Crippen molar-refractivity contribution in [3.8, 4) is 5.75 Å². The molecule has 1 aliphatic rings. The molecule has 2 aromatic rings. The molecule has 0 saturated carbocycles. The average Bonchev–Trinajstić information content (AvgIpc) is 3.06. The number of para-hydroxylation sites is 2. The minimum Gasteiger partial charge on any atom is -0.495 e. The van der Waals surface area contributed by atoms with Crippen LogP contribution in [0.3, 0.4) is 0 Å². The molecule has 0 spiro atoms. The fourth-order valence-corrected chi connectivity index (χ4v) is 4.06. The van der Waals surface area contributed by atoms with Gasteiger partial charge in [-0.05, 0) is 32.0 Å². The lowest BCUT2D eigenvalue weighted by Crippen LogP contribution is -2.48. The number of rotatable bonds is 8. The molecular weight excluding hydrogens is 382 g/mol. The zero-order valence-electron chi connectivity index (χ0n) is 18.3. The van der Waals surface area contributed by atoms with Gasteiger partial charge < -0.3 is 18.9 Å². The van der Waals surface area contributed by atoms with E-state index in [0.29, 0.717) is 19.5 Å².